The minimum absolute atomic E-state index is 0.100. The molecule has 4 aromatic rings. The Kier molecular flexibility index (Phi) is 10.2. The Morgan fingerprint density at radius 1 is 0.426 bits per heavy atom. The average molecular weight is 762 g/mol. The molecule has 2 aliphatic heterocycles. The highest BCUT2D eigenvalue weighted by molar-refractivity contribution is 6.32. The molecule has 0 saturated heterocycles. The fourth-order valence-electron chi connectivity index (χ4n) is 7.18. The first-order chi connectivity index (χ1) is 24.9. The molecule has 0 aliphatic carbocycles. The summed E-state index contributed by atoms with van der Waals surface area (Å²) in [6, 6.07) is 28.3. The summed E-state index contributed by atoms with van der Waals surface area (Å²) in [6.45, 7) is 27.1. The second-order valence-corrected chi connectivity index (χ2v) is 20.0. The molecule has 0 fully saturated rings. The molecule has 2 heterocycles. The van der Waals surface area contributed by atoms with E-state index in [4.69, 9.17) is 23.2 Å². The smallest absolute Gasteiger partial charge is 0.261 e. The van der Waals surface area contributed by atoms with Gasteiger partial charge in [-0.25, -0.2) is 0 Å². The van der Waals surface area contributed by atoms with Crippen LogP contribution < -0.4 is 0 Å². The van der Waals surface area contributed by atoms with Gasteiger partial charge in [-0.05, 0) is 90.4 Å². The summed E-state index contributed by atoms with van der Waals surface area (Å²) in [5.41, 5.74) is 9.98. The second kappa shape index (κ2) is 13.9. The summed E-state index contributed by atoms with van der Waals surface area (Å²) in [7, 11) is 0. The predicted molar refractivity (Wildman–Crippen MR) is 226 cm³/mol. The highest BCUT2D eigenvalue weighted by Crippen LogP contribution is 2.48. The summed E-state index contributed by atoms with van der Waals surface area (Å²) in [5.74, 6) is -0.402. The molecule has 0 radical (unpaired) electrons. The quantitative estimate of drug-likeness (QED) is 0.196. The number of carbonyl (C=O) groups is 2. The SMILES string of the molecule is CC(C)(C)c1cc(CN2C(=O)C3=C(c4ccc(Cl)cc4)N(Cc4cc(C(C)(C)C)cc(C(C)(C)C)c4)C(=O)C3=C2c2ccc(Cl)cc2)cc(C(C)(C)C)c1. The van der Waals surface area contributed by atoms with Crippen LogP contribution >= 0.6 is 23.2 Å². The fraction of sp³-hybridized carbons (Fsp3) is 0.375. The number of hydrogen-bond donors (Lipinski definition) is 0. The molecular formula is C48H54Cl2N2O2. The molecule has 0 atom stereocenters. The highest BCUT2D eigenvalue weighted by atomic mass is 35.5. The molecule has 0 unspecified atom stereocenters. The Bertz CT molecular complexity index is 1970. The number of halogens is 2. The maximum absolute atomic E-state index is 15.2. The molecule has 2 aliphatic rings. The van der Waals surface area contributed by atoms with Crippen molar-refractivity contribution in [3.63, 3.8) is 0 Å². The van der Waals surface area contributed by atoms with E-state index in [2.05, 4.69) is 119 Å². The van der Waals surface area contributed by atoms with Crippen molar-refractivity contribution in [2.45, 2.75) is 118 Å². The van der Waals surface area contributed by atoms with E-state index in [1.54, 1.807) is 9.80 Å². The van der Waals surface area contributed by atoms with Crippen molar-refractivity contribution < 1.29 is 9.59 Å². The Morgan fingerprint density at radius 3 is 0.926 bits per heavy atom. The number of benzene rings is 4. The first-order valence-electron chi connectivity index (χ1n) is 18.9. The van der Waals surface area contributed by atoms with Gasteiger partial charge in [-0.15, -0.1) is 0 Å². The zero-order valence-corrected chi connectivity index (χ0v) is 35.5. The second-order valence-electron chi connectivity index (χ2n) is 19.1. The van der Waals surface area contributed by atoms with Gasteiger partial charge in [0.05, 0.1) is 35.6 Å². The molecule has 0 saturated carbocycles. The van der Waals surface area contributed by atoms with E-state index in [-0.39, 0.29) is 33.5 Å². The Hall–Kier alpha value is -4.12. The minimum atomic E-state index is -0.201. The van der Waals surface area contributed by atoms with Crippen molar-refractivity contribution in [1.82, 2.24) is 9.80 Å². The number of amides is 2. The van der Waals surface area contributed by atoms with E-state index in [1.807, 2.05) is 48.5 Å². The van der Waals surface area contributed by atoms with Gasteiger partial charge < -0.3 is 9.80 Å². The van der Waals surface area contributed by atoms with Crippen LogP contribution in [0.3, 0.4) is 0 Å². The van der Waals surface area contributed by atoms with Crippen LogP contribution in [0.5, 0.6) is 0 Å². The average Bonchev–Trinajstić information content (AvgIpc) is 3.50. The number of hydrogen-bond acceptors (Lipinski definition) is 2. The van der Waals surface area contributed by atoms with Gasteiger partial charge in [0.15, 0.2) is 0 Å². The lowest BCUT2D eigenvalue weighted by Gasteiger charge is -2.29. The zero-order chi connectivity index (χ0) is 39.7. The molecule has 0 spiro atoms. The monoisotopic (exact) mass is 760 g/mol. The number of carbonyl (C=O) groups excluding carboxylic acids is 2. The summed E-state index contributed by atoms with van der Waals surface area (Å²) in [4.78, 5) is 33.9. The van der Waals surface area contributed by atoms with Gasteiger partial charge in [0, 0.05) is 10.0 Å². The maximum atomic E-state index is 15.2. The lowest BCUT2D eigenvalue weighted by molar-refractivity contribution is -0.124. The highest BCUT2D eigenvalue weighted by Gasteiger charge is 2.49. The largest absolute Gasteiger partial charge is 0.302 e. The number of rotatable bonds is 6. The van der Waals surface area contributed by atoms with E-state index < -0.39 is 0 Å². The van der Waals surface area contributed by atoms with E-state index in [0.29, 0.717) is 45.7 Å². The van der Waals surface area contributed by atoms with Crippen molar-refractivity contribution >= 4 is 46.4 Å². The van der Waals surface area contributed by atoms with Gasteiger partial charge in [-0.2, -0.15) is 0 Å². The van der Waals surface area contributed by atoms with Crippen molar-refractivity contribution in [3.8, 4) is 0 Å². The third-order valence-electron chi connectivity index (χ3n) is 10.5. The van der Waals surface area contributed by atoms with Crippen LogP contribution in [0.2, 0.25) is 10.0 Å². The van der Waals surface area contributed by atoms with E-state index in [0.717, 1.165) is 22.3 Å². The van der Waals surface area contributed by atoms with Crippen molar-refractivity contribution in [2.24, 2.45) is 0 Å². The van der Waals surface area contributed by atoms with Crippen LogP contribution in [0.25, 0.3) is 11.4 Å². The topological polar surface area (TPSA) is 40.6 Å². The zero-order valence-electron chi connectivity index (χ0n) is 34.0. The summed E-state index contributed by atoms with van der Waals surface area (Å²) in [6.07, 6.45) is 0. The normalized spacial score (nSPS) is 15.6. The minimum Gasteiger partial charge on any atom is -0.302 e. The van der Waals surface area contributed by atoms with Gasteiger partial charge in [-0.3, -0.25) is 9.59 Å². The predicted octanol–water partition coefficient (Wildman–Crippen LogP) is 12.4. The molecule has 4 aromatic carbocycles. The molecule has 4 nitrogen and oxygen atoms in total. The van der Waals surface area contributed by atoms with E-state index >= 15 is 9.59 Å². The van der Waals surface area contributed by atoms with Crippen LogP contribution in [0.15, 0.2) is 96.1 Å². The van der Waals surface area contributed by atoms with Gasteiger partial charge in [0.25, 0.3) is 11.8 Å². The molecule has 282 valence electrons. The van der Waals surface area contributed by atoms with Crippen LogP contribution in [0.1, 0.15) is 128 Å². The molecule has 0 aromatic heterocycles. The molecule has 0 bridgehead atoms. The Labute approximate surface area is 332 Å². The molecular weight excluding hydrogens is 707 g/mol. The molecule has 6 rings (SSSR count). The lowest BCUT2D eigenvalue weighted by atomic mass is 9.79. The first kappa shape index (κ1) is 39.6. The standard InChI is InChI=1S/C48H54Cl2N2O2/c1-45(2,3)33-21-29(22-34(25-33)46(4,5)6)27-51-41(31-13-17-37(49)18-14-31)39-40(43(51)53)42(32-15-19-38(50)20-16-32)52(44(39)54)28-30-23-35(47(7,8)9)26-36(24-30)48(10,11)12/h13-26H,27-28H2,1-12H3. The fourth-order valence-corrected chi connectivity index (χ4v) is 7.43. The van der Waals surface area contributed by atoms with Gasteiger partial charge in [0.2, 0.25) is 0 Å². The summed E-state index contributed by atoms with van der Waals surface area (Å²) in [5, 5.41) is 1.16. The van der Waals surface area contributed by atoms with Crippen LogP contribution in [0, 0.1) is 0 Å². The number of nitrogens with zero attached hydrogens (tertiary/aromatic N) is 2. The van der Waals surface area contributed by atoms with Crippen molar-refractivity contribution in [2.75, 3.05) is 0 Å². The van der Waals surface area contributed by atoms with Crippen molar-refractivity contribution in [3.05, 3.63) is 151 Å². The van der Waals surface area contributed by atoms with Crippen LogP contribution in [0.4, 0.5) is 0 Å². The van der Waals surface area contributed by atoms with Gasteiger partial charge in [-0.1, -0.05) is 167 Å². The lowest BCUT2D eigenvalue weighted by Crippen LogP contribution is -2.30. The third kappa shape index (κ3) is 7.84. The van der Waals surface area contributed by atoms with E-state index in [1.165, 1.54) is 22.3 Å². The van der Waals surface area contributed by atoms with Gasteiger partial charge >= 0.3 is 0 Å². The van der Waals surface area contributed by atoms with Crippen molar-refractivity contribution in [1.29, 1.82) is 0 Å². The van der Waals surface area contributed by atoms with E-state index in [9.17, 15) is 0 Å². The summed E-state index contributed by atoms with van der Waals surface area (Å²) < 4.78 is 0. The molecule has 2 amide bonds. The Morgan fingerprint density at radius 2 is 0.685 bits per heavy atom. The van der Waals surface area contributed by atoms with Gasteiger partial charge in [0.1, 0.15) is 0 Å². The molecule has 6 heteroatoms. The van der Waals surface area contributed by atoms with Crippen LogP contribution in [-0.2, 0) is 44.3 Å². The number of fused-ring (bicyclic) bond motifs is 1. The molecule has 54 heavy (non-hydrogen) atoms. The summed E-state index contributed by atoms with van der Waals surface area (Å²) >= 11 is 12.8. The third-order valence-corrected chi connectivity index (χ3v) is 11.1. The Balaban J connectivity index is 1.58. The van der Waals surface area contributed by atoms with Crippen LogP contribution in [-0.4, -0.2) is 21.6 Å². The molecule has 0 N–H and O–H groups in total. The maximum Gasteiger partial charge on any atom is 0.261 e. The first-order valence-corrected chi connectivity index (χ1v) is 19.6.